The van der Waals surface area contributed by atoms with E-state index in [9.17, 15) is 14.8 Å². The summed E-state index contributed by atoms with van der Waals surface area (Å²) in [6.07, 6.45) is 0. The third-order valence-electron chi connectivity index (χ3n) is 3.34. The van der Waals surface area contributed by atoms with Crippen LogP contribution in [0.2, 0.25) is 0 Å². The van der Waals surface area contributed by atoms with Gasteiger partial charge in [-0.25, -0.2) is 9.80 Å². The van der Waals surface area contributed by atoms with Crippen LogP contribution in [0.1, 0.15) is 12.5 Å². The number of carbonyl (C=O) groups excluding carboxylic acids is 2. The molecule has 1 heterocycles. The first-order valence-electron chi connectivity index (χ1n) is 6.06. The molecule has 1 unspecified atom stereocenters. The highest BCUT2D eigenvalue weighted by Gasteiger charge is 2.56. The number of hydroxylamine groups is 2. The van der Waals surface area contributed by atoms with Gasteiger partial charge in [-0.1, -0.05) is 30.3 Å². The van der Waals surface area contributed by atoms with Crippen LogP contribution in [0.3, 0.4) is 0 Å². The third-order valence-corrected chi connectivity index (χ3v) is 3.34. The van der Waals surface area contributed by atoms with Gasteiger partial charge in [0.2, 0.25) is 5.54 Å². The zero-order valence-corrected chi connectivity index (χ0v) is 11.5. The van der Waals surface area contributed by atoms with E-state index < -0.39 is 17.5 Å². The Labute approximate surface area is 116 Å². The molecule has 1 atom stereocenters. The van der Waals surface area contributed by atoms with Crippen molar-refractivity contribution in [1.82, 2.24) is 15.4 Å². The van der Waals surface area contributed by atoms with Crippen LogP contribution in [0.5, 0.6) is 0 Å². The van der Waals surface area contributed by atoms with Crippen molar-refractivity contribution in [3.05, 3.63) is 35.9 Å². The molecule has 7 nitrogen and oxygen atoms in total. The third kappa shape index (κ3) is 1.75. The van der Waals surface area contributed by atoms with Gasteiger partial charge in [0.05, 0.1) is 5.71 Å². The summed E-state index contributed by atoms with van der Waals surface area (Å²) >= 11 is 0. The van der Waals surface area contributed by atoms with E-state index in [4.69, 9.17) is 0 Å². The highest BCUT2D eigenvalue weighted by atomic mass is 16.5. The summed E-state index contributed by atoms with van der Waals surface area (Å²) in [4.78, 5) is 24.3. The molecule has 1 aliphatic heterocycles. The van der Waals surface area contributed by atoms with Crippen LogP contribution in [0, 0.1) is 0 Å². The number of hydrogen-bond donors (Lipinski definition) is 2. The minimum absolute atomic E-state index is 0.322. The average Bonchev–Trinajstić information content (AvgIpc) is 2.69. The number of rotatable bonds is 2. The summed E-state index contributed by atoms with van der Waals surface area (Å²) in [7, 11) is 2.86. The first-order valence-corrected chi connectivity index (χ1v) is 6.06. The minimum atomic E-state index is -1.63. The first-order chi connectivity index (χ1) is 9.46. The second-order valence-electron chi connectivity index (χ2n) is 4.46. The molecule has 0 fully saturated rings. The first kappa shape index (κ1) is 14.0. The summed E-state index contributed by atoms with van der Waals surface area (Å²) in [5.74, 6) is -0.493. The molecule has 1 aromatic carbocycles. The highest BCUT2D eigenvalue weighted by Crippen LogP contribution is 2.35. The van der Waals surface area contributed by atoms with Crippen molar-refractivity contribution in [3.63, 3.8) is 0 Å². The van der Waals surface area contributed by atoms with Gasteiger partial charge >= 0.3 is 6.03 Å². The van der Waals surface area contributed by atoms with Crippen molar-refractivity contribution >= 4 is 17.6 Å². The lowest BCUT2D eigenvalue weighted by Crippen LogP contribution is -2.58. The van der Waals surface area contributed by atoms with E-state index in [0.29, 0.717) is 16.3 Å². The van der Waals surface area contributed by atoms with Crippen molar-refractivity contribution in [2.24, 2.45) is 5.10 Å². The quantitative estimate of drug-likeness (QED) is 0.617. The van der Waals surface area contributed by atoms with Crippen LogP contribution < -0.4 is 5.32 Å². The highest BCUT2D eigenvalue weighted by molar-refractivity contribution is 6.17. The molecule has 0 saturated heterocycles. The number of amides is 3. The molecule has 1 aliphatic rings. The zero-order valence-electron chi connectivity index (χ0n) is 11.5. The van der Waals surface area contributed by atoms with Gasteiger partial charge in [-0.05, 0) is 12.5 Å². The fourth-order valence-electron chi connectivity index (χ4n) is 2.37. The van der Waals surface area contributed by atoms with Gasteiger partial charge in [0.15, 0.2) is 0 Å². The molecule has 0 saturated carbocycles. The zero-order chi connectivity index (χ0) is 14.9. The van der Waals surface area contributed by atoms with Crippen LogP contribution in [0.4, 0.5) is 4.79 Å². The van der Waals surface area contributed by atoms with E-state index in [1.54, 1.807) is 37.3 Å². The van der Waals surface area contributed by atoms with Crippen LogP contribution in [-0.2, 0) is 10.3 Å². The molecule has 3 amide bonds. The smallest absolute Gasteiger partial charge is 0.339 e. The van der Waals surface area contributed by atoms with Crippen molar-refractivity contribution in [3.8, 4) is 0 Å². The second kappa shape index (κ2) is 4.93. The van der Waals surface area contributed by atoms with Crippen LogP contribution in [0.25, 0.3) is 0 Å². The number of nitrogens with one attached hydrogen (secondary N) is 1. The number of likely N-dealkylation sites (N-methyl/N-ethyl adjacent to an activating group) is 1. The number of carbonyl (C=O) groups is 2. The van der Waals surface area contributed by atoms with E-state index in [1.807, 2.05) is 0 Å². The molecule has 7 heteroatoms. The van der Waals surface area contributed by atoms with Crippen molar-refractivity contribution in [2.75, 3.05) is 14.1 Å². The van der Waals surface area contributed by atoms with Gasteiger partial charge in [0.1, 0.15) is 0 Å². The predicted molar refractivity (Wildman–Crippen MR) is 72.1 cm³/mol. The Hall–Kier alpha value is -2.41. The molecule has 1 aromatic rings. The van der Waals surface area contributed by atoms with Crippen molar-refractivity contribution in [1.29, 1.82) is 0 Å². The summed E-state index contributed by atoms with van der Waals surface area (Å²) < 4.78 is 0. The fraction of sp³-hybridized carbons (Fsp3) is 0.308. The Balaban J connectivity index is 2.65. The molecule has 2 N–H and O–H groups in total. The Kier molecular flexibility index (Phi) is 3.46. The molecule has 0 aromatic heterocycles. The van der Waals surface area contributed by atoms with E-state index in [2.05, 4.69) is 10.4 Å². The Morgan fingerprint density at radius 3 is 2.45 bits per heavy atom. The standard InChI is InChI=1S/C13H16N4O3/c1-9-13(11(18)16(3)15-9,17(20)12(19)14-2)10-7-5-4-6-8-10/h4-8,20H,1-3H3,(H,14,19). The Morgan fingerprint density at radius 1 is 1.40 bits per heavy atom. The van der Waals surface area contributed by atoms with Gasteiger partial charge in [0.25, 0.3) is 5.91 Å². The summed E-state index contributed by atoms with van der Waals surface area (Å²) in [6.45, 7) is 1.60. The van der Waals surface area contributed by atoms with Gasteiger partial charge < -0.3 is 5.32 Å². The van der Waals surface area contributed by atoms with Gasteiger partial charge in [-0.15, -0.1) is 0 Å². The van der Waals surface area contributed by atoms with Crippen LogP contribution >= 0.6 is 0 Å². The van der Waals surface area contributed by atoms with Gasteiger partial charge in [0, 0.05) is 14.1 Å². The maximum atomic E-state index is 12.5. The molecule has 0 spiro atoms. The number of hydrogen-bond acceptors (Lipinski definition) is 4. The topological polar surface area (TPSA) is 85.2 Å². The second-order valence-corrected chi connectivity index (χ2v) is 4.46. The molecular weight excluding hydrogens is 260 g/mol. The molecule has 0 bridgehead atoms. The average molecular weight is 276 g/mol. The predicted octanol–water partition coefficient (Wildman–Crippen LogP) is 0.760. The normalized spacial score (nSPS) is 21.7. The monoisotopic (exact) mass is 276 g/mol. The van der Waals surface area contributed by atoms with E-state index >= 15 is 0 Å². The number of urea groups is 1. The molecule has 0 radical (unpaired) electrons. The van der Waals surface area contributed by atoms with E-state index in [-0.39, 0.29) is 0 Å². The summed E-state index contributed by atoms with van der Waals surface area (Å²) in [6, 6.07) is 7.80. The number of nitrogens with zero attached hydrogens (tertiary/aromatic N) is 3. The van der Waals surface area contributed by atoms with Crippen LogP contribution in [0.15, 0.2) is 35.4 Å². The van der Waals surface area contributed by atoms with Crippen molar-refractivity contribution < 1.29 is 14.8 Å². The Bertz CT molecular complexity index is 572. The molecule has 0 aliphatic carbocycles. The largest absolute Gasteiger partial charge is 0.342 e. The summed E-state index contributed by atoms with van der Waals surface area (Å²) in [5.41, 5.74) is -0.833. The van der Waals surface area contributed by atoms with Crippen LogP contribution in [-0.4, -0.2) is 47.0 Å². The number of hydrazone groups is 1. The lowest BCUT2D eigenvalue weighted by atomic mass is 9.85. The molecular formula is C13H16N4O3. The fourth-order valence-corrected chi connectivity index (χ4v) is 2.37. The molecule has 2 rings (SSSR count). The van der Waals surface area contributed by atoms with Crippen molar-refractivity contribution in [2.45, 2.75) is 12.5 Å². The lowest BCUT2D eigenvalue weighted by molar-refractivity contribution is -0.155. The SMILES string of the molecule is CNC(=O)N(O)C1(c2ccccc2)C(=O)N(C)N=C1C. The Morgan fingerprint density at radius 2 is 2.00 bits per heavy atom. The van der Waals surface area contributed by atoms with Gasteiger partial charge in [-0.2, -0.15) is 10.2 Å². The molecule has 20 heavy (non-hydrogen) atoms. The lowest BCUT2D eigenvalue weighted by Gasteiger charge is -2.34. The summed E-state index contributed by atoms with van der Waals surface area (Å²) in [5, 5.41) is 18.1. The number of benzene rings is 1. The minimum Gasteiger partial charge on any atom is -0.339 e. The maximum absolute atomic E-state index is 12.5. The van der Waals surface area contributed by atoms with E-state index in [0.717, 1.165) is 5.01 Å². The van der Waals surface area contributed by atoms with Gasteiger partial charge in [-0.3, -0.25) is 10.0 Å². The van der Waals surface area contributed by atoms with E-state index in [1.165, 1.54) is 14.1 Å². The molecule has 106 valence electrons. The maximum Gasteiger partial charge on any atom is 0.342 e.